The van der Waals surface area contributed by atoms with E-state index in [2.05, 4.69) is 5.32 Å². The second-order valence-corrected chi connectivity index (χ2v) is 8.01. The van der Waals surface area contributed by atoms with Gasteiger partial charge in [0.2, 0.25) is 10.0 Å². The summed E-state index contributed by atoms with van der Waals surface area (Å²) in [6, 6.07) is 1.69. The van der Waals surface area contributed by atoms with Crippen molar-refractivity contribution in [1.29, 1.82) is 0 Å². The molecule has 108 valence electrons. The van der Waals surface area contributed by atoms with Crippen LogP contribution in [0.3, 0.4) is 0 Å². The van der Waals surface area contributed by atoms with Crippen LogP contribution >= 0.6 is 11.3 Å². The van der Waals surface area contributed by atoms with Crippen LogP contribution in [-0.2, 0) is 21.3 Å². The Labute approximate surface area is 118 Å². The molecule has 5 nitrogen and oxygen atoms in total. The summed E-state index contributed by atoms with van der Waals surface area (Å²) in [4.78, 5) is 1.27. The number of hydrogen-bond donors (Lipinski definition) is 1. The van der Waals surface area contributed by atoms with Gasteiger partial charge in [0.15, 0.2) is 0 Å². The van der Waals surface area contributed by atoms with E-state index in [1.54, 1.807) is 10.4 Å². The Morgan fingerprint density at radius 1 is 1.53 bits per heavy atom. The van der Waals surface area contributed by atoms with Crippen LogP contribution in [0.25, 0.3) is 0 Å². The van der Waals surface area contributed by atoms with E-state index in [-0.39, 0.29) is 0 Å². The first-order valence-corrected chi connectivity index (χ1v) is 8.53. The van der Waals surface area contributed by atoms with Gasteiger partial charge in [-0.1, -0.05) is 0 Å². The maximum atomic E-state index is 12.8. The molecule has 2 heterocycles. The number of thiophene rings is 1. The molecule has 0 aromatic carbocycles. The van der Waals surface area contributed by atoms with Crippen LogP contribution in [0.15, 0.2) is 16.3 Å². The molecule has 1 saturated heterocycles. The zero-order chi connectivity index (χ0) is 14.1. The highest BCUT2D eigenvalue weighted by Gasteiger charge is 2.40. The van der Waals surface area contributed by atoms with Gasteiger partial charge in [-0.05, 0) is 32.3 Å². The van der Waals surface area contributed by atoms with Crippen molar-refractivity contribution in [3.63, 3.8) is 0 Å². The normalized spacial score (nSPS) is 20.6. The van der Waals surface area contributed by atoms with Gasteiger partial charge in [0.25, 0.3) is 0 Å². The van der Waals surface area contributed by atoms with Crippen LogP contribution in [0.4, 0.5) is 0 Å². The highest BCUT2D eigenvalue weighted by Crippen LogP contribution is 2.31. The van der Waals surface area contributed by atoms with Crippen molar-refractivity contribution in [2.75, 3.05) is 26.8 Å². The zero-order valence-electron chi connectivity index (χ0n) is 11.5. The molecule has 1 N–H and O–H groups in total. The summed E-state index contributed by atoms with van der Waals surface area (Å²) < 4.78 is 32.6. The van der Waals surface area contributed by atoms with Crippen LogP contribution in [0, 0.1) is 0 Å². The molecule has 1 aliphatic rings. The molecule has 1 aromatic rings. The van der Waals surface area contributed by atoms with E-state index < -0.39 is 15.6 Å². The van der Waals surface area contributed by atoms with Crippen molar-refractivity contribution in [1.82, 2.24) is 9.62 Å². The lowest BCUT2D eigenvalue weighted by atomic mass is 10.1. The summed E-state index contributed by atoms with van der Waals surface area (Å²) in [5.41, 5.74) is -0.504. The van der Waals surface area contributed by atoms with Gasteiger partial charge in [-0.2, -0.15) is 4.31 Å². The van der Waals surface area contributed by atoms with Crippen LogP contribution in [0.5, 0.6) is 0 Å². The van der Waals surface area contributed by atoms with Crippen molar-refractivity contribution in [3.8, 4) is 0 Å². The largest absolute Gasteiger partial charge is 0.378 e. The molecule has 0 bridgehead atoms. The molecule has 0 atom stereocenters. The van der Waals surface area contributed by atoms with Crippen LogP contribution < -0.4 is 5.32 Å². The Bertz CT molecular complexity index is 537. The number of nitrogens with zero attached hydrogens (tertiary/aromatic N) is 1. The Kier molecular flexibility index (Phi) is 4.32. The van der Waals surface area contributed by atoms with E-state index in [1.807, 2.05) is 26.3 Å². The SMILES string of the molecule is CNCc1sccc1S(=O)(=O)N1CCOCC1(C)C. The van der Waals surface area contributed by atoms with Gasteiger partial charge in [0.1, 0.15) is 0 Å². The zero-order valence-corrected chi connectivity index (χ0v) is 13.1. The summed E-state index contributed by atoms with van der Waals surface area (Å²) in [6.45, 7) is 5.65. The third-order valence-corrected chi connectivity index (χ3v) is 6.42. The van der Waals surface area contributed by atoms with Crippen molar-refractivity contribution in [3.05, 3.63) is 16.3 Å². The first-order valence-electron chi connectivity index (χ1n) is 6.21. The van der Waals surface area contributed by atoms with Gasteiger partial charge < -0.3 is 10.1 Å². The first kappa shape index (κ1) is 14.9. The standard InChI is InChI=1S/C12H20N2O3S2/c1-12(2)9-17-6-5-14(12)19(15,16)11-4-7-18-10(11)8-13-3/h4,7,13H,5-6,8-9H2,1-3H3. The molecule has 0 unspecified atom stereocenters. The molecule has 2 rings (SSSR count). The fourth-order valence-electron chi connectivity index (χ4n) is 2.26. The highest BCUT2D eigenvalue weighted by atomic mass is 32.2. The molecule has 7 heteroatoms. The van der Waals surface area contributed by atoms with E-state index >= 15 is 0 Å². The van der Waals surface area contributed by atoms with E-state index in [9.17, 15) is 8.42 Å². The minimum atomic E-state index is -3.46. The molecule has 0 amide bonds. The van der Waals surface area contributed by atoms with E-state index in [1.165, 1.54) is 11.3 Å². The van der Waals surface area contributed by atoms with Crippen LogP contribution in [-0.4, -0.2) is 45.1 Å². The average Bonchev–Trinajstić information content (AvgIpc) is 2.77. The van der Waals surface area contributed by atoms with Gasteiger partial charge in [0.05, 0.1) is 23.6 Å². The Balaban J connectivity index is 2.38. The molecular formula is C12H20N2O3S2. The molecule has 1 aliphatic heterocycles. The van der Waals surface area contributed by atoms with E-state index in [4.69, 9.17) is 4.74 Å². The maximum absolute atomic E-state index is 12.8. The lowest BCUT2D eigenvalue weighted by molar-refractivity contribution is -0.00771. The Morgan fingerprint density at radius 2 is 2.26 bits per heavy atom. The number of hydrogen-bond acceptors (Lipinski definition) is 5. The minimum absolute atomic E-state index is 0.407. The quantitative estimate of drug-likeness (QED) is 0.910. The number of morpholine rings is 1. The second kappa shape index (κ2) is 5.49. The molecule has 0 radical (unpaired) electrons. The van der Waals surface area contributed by atoms with E-state index in [0.29, 0.717) is 31.2 Å². The first-order chi connectivity index (χ1) is 8.89. The second-order valence-electron chi connectivity index (χ2n) is 5.18. The third kappa shape index (κ3) is 2.85. The van der Waals surface area contributed by atoms with Crippen molar-refractivity contribution >= 4 is 21.4 Å². The lowest BCUT2D eigenvalue weighted by Gasteiger charge is -2.40. The van der Waals surface area contributed by atoms with Gasteiger partial charge in [-0.25, -0.2) is 8.42 Å². The number of sulfonamides is 1. The Hall–Kier alpha value is -0.470. The smallest absolute Gasteiger partial charge is 0.244 e. The van der Waals surface area contributed by atoms with Gasteiger partial charge in [0, 0.05) is 18.0 Å². The molecule has 0 saturated carbocycles. The van der Waals surface area contributed by atoms with Gasteiger partial charge >= 0.3 is 0 Å². The predicted octanol–water partition coefficient (Wildman–Crippen LogP) is 1.27. The maximum Gasteiger partial charge on any atom is 0.244 e. The summed E-state index contributed by atoms with van der Waals surface area (Å²) in [5.74, 6) is 0. The lowest BCUT2D eigenvalue weighted by Crippen LogP contribution is -2.55. The van der Waals surface area contributed by atoms with Crippen molar-refractivity contribution in [2.24, 2.45) is 0 Å². The van der Waals surface area contributed by atoms with Crippen LogP contribution in [0.1, 0.15) is 18.7 Å². The number of ether oxygens (including phenoxy) is 1. The monoisotopic (exact) mass is 304 g/mol. The van der Waals surface area contributed by atoms with Gasteiger partial charge in [-0.15, -0.1) is 11.3 Å². The molecular weight excluding hydrogens is 284 g/mol. The number of nitrogens with one attached hydrogen (secondary N) is 1. The summed E-state index contributed by atoms with van der Waals surface area (Å²) >= 11 is 1.47. The van der Waals surface area contributed by atoms with E-state index in [0.717, 1.165) is 4.88 Å². The topological polar surface area (TPSA) is 58.6 Å². The summed E-state index contributed by atoms with van der Waals surface area (Å²) in [6.07, 6.45) is 0. The fraction of sp³-hybridized carbons (Fsp3) is 0.667. The molecule has 1 fully saturated rings. The molecule has 0 aliphatic carbocycles. The third-order valence-electron chi connectivity index (χ3n) is 3.18. The fourth-order valence-corrected chi connectivity index (χ4v) is 5.44. The molecule has 19 heavy (non-hydrogen) atoms. The van der Waals surface area contributed by atoms with Crippen LogP contribution in [0.2, 0.25) is 0 Å². The van der Waals surface area contributed by atoms with Crippen molar-refractivity contribution in [2.45, 2.75) is 30.8 Å². The Morgan fingerprint density at radius 3 is 2.89 bits per heavy atom. The highest BCUT2D eigenvalue weighted by molar-refractivity contribution is 7.89. The van der Waals surface area contributed by atoms with Crippen molar-refractivity contribution < 1.29 is 13.2 Å². The average molecular weight is 304 g/mol. The summed E-state index contributed by atoms with van der Waals surface area (Å²) in [5, 5.41) is 4.84. The number of rotatable bonds is 4. The minimum Gasteiger partial charge on any atom is -0.378 e. The summed E-state index contributed by atoms with van der Waals surface area (Å²) in [7, 11) is -1.64. The molecule has 1 aromatic heterocycles. The van der Waals surface area contributed by atoms with Gasteiger partial charge in [-0.3, -0.25) is 0 Å². The predicted molar refractivity (Wildman–Crippen MR) is 75.9 cm³/mol. The molecule has 0 spiro atoms.